The molecule has 1 aromatic rings. The number of carbonyl (C=O) groups is 2. The van der Waals surface area contributed by atoms with Gasteiger partial charge >= 0.3 is 0 Å². The van der Waals surface area contributed by atoms with Crippen molar-refractivity contribution in [2.75, 3.05) is 24.7 Å². The van der Waals surface area contributed by atoms with Crippen molar-refractivity contribution in [3.8, 4) is 0 Å². The van der Waals surface area contributed by atoms with Crippen molar-refractivity contribution >= 4 is 27.5 Å². The summed E-state index contributed by atoms with van der Waals surface area (Å²) in [5.74, 6) is -0.262. The first-order chi connectivity index (χ1) is 11.7. The maximum absolute atomic E-state index is 12.5. The molecule has 1 fully saturated rings. The largest absolute Gasteiger partial charge is 0.339 e. The van der Waals surface area contributed by atoms with Gasteiger partial charge in [-0.3, -0.25) is 9.59 Å². The molecule has 7 nitrogen and oxygen atoms in total. The van der Waals surface area contributed by atoms with Gasteiger partial charge in [0, 0.05) is 36.3 Å². The Hall–Kier alpha value is -1.93. The summed E-state index contributed by atoms with van der Waals surface area (Å²) in [6, 6.07) is 6.70. The van der Waals surface area contributed by atoms with Crippen LogP contribution in [0.25, 0.3) is 0 Å². The van der Waals surface area contributed by atoms with E-state index in [2.05, 4.69) is 10.0 Å². The lowest BCUT2D eigenvalue weighted by atomic mass is 10.0. The first-order valence-corrected chi connectivity index (χ1v) is 10.2. The predicted octanol–water partition coefficient (Wildman–Crippen LogP) is 1.43. The van der Waals surface area contributed by atoms with E-state index >= 15 is 0 Å². The summed E-state index contributed by atoms with van der Waals surface area (Å²) in [5.41, 5.74) is 1.21. The van der Waals surface area contributed by atoms with Crippen LogP contribution in [0.4, 0.5) is 5.69 Å². The second-order valence-corrected chi connectivity index (χ2v) is 8.46. The fraction of sp³-hybridized carbons (Fsp3) is 0.529. The topological polar surface area (TPSA) is 95.6 Å². The minimum atomic E-state index is -3.22. The quantitative estimate of drug-likeness (QED) is 0.823. The van der Waals surface area contributed by atoms with Crippen LogP contribution in [0.15, 0.2) is 24.3 Å². The van der Waals surface area contributed by atoms with Crippen molar-refractivity contribution in [2.45, 2.75) is 32.7 Å². The highest BCUT2D eigenvalue weighted by atomic mass is 32.2. The fourth-order valence-electron chi connectivity index (χ4n) is 2.67. The van der Waals surface area contributed by atoms with Crippen LogP contribution in [0.3, 0.4) is 0 Å². The summed E-state index contributed by atoms with van der Waals surface area (Å²) < 4.78 is 25.1. The normalized spacial score (nSPS) is 16.1. The Bertz CT molecular complexity index is 721. The van der Waals surface area contributed by atoms with Gasteiger partial charge in [-0.25, -0.2) is 13.1 Å². The van der Waals surface area contributed by atoms with Crippen LogP contribution >= 0.6 is 0 Å². The van der Waals surface area contributed by atoms with E-state index in [4.69, 9.17) is 0 Å². The molecule has 1 aliphatic heterocycles. The Kier molecular flexibility index (Phi) is 6.18. The van der Waals surface area contributed by atoms with Crippen LogP contribution < -0.4 is 10.0 Å². The monoisotopic (exact) mass is 367 g/mol. The SMILES string of the molecule is CC(C)C(=O)Nc1ccc(C(=O)N2CCC(NS(C)(=O)=O)CC2)cc1. The van der Waals surface area contributed by atoms with Gasteiger partial charge in [0.25, 0.3) is 5.91 Å². The Morgan fingerprint density at radius 2 is 1.68 bits per heavy atom. The zero-order chi connectivity index (χ0) is 18.6. The number of anilines is 1. The third-order valence-electron chi connectivity index (χ3n) is 4.09. The zero-order valence-corrected chi connectivity index (χ0v) is 15.6. The summed E-state index contributed by atoms with van der Waals surface area (Å²) in [6.07, 6.45) is 2.34. The predicted molar refractivity (Wildman–Crippen MR) is 96.8 cm³/mol. The van der Waals surface area contributed by atoms with Crippen molar-refractivity contribution in [2.24, 2.45) is 5.92 Å². The molecule has 2 rings (SSSR count). The fourth-order valence-corrected chi connectivity index (χ4v) is 3.51. The molecule has 0 unspecified atom stereocenters. The van der Waals surface area contributed by atoms with Gasteiger partial charge in [-0.15, -0.1) is 0 Å². The van der Waals surface area contributed by atoms with Crippen LogP contribution in [0.2, 0.25) is 0 Å². The minimum Gasteiger partial charge on any atom is -0.339 e. The second-order valence-electron chi connectivity index (χ2n) is 6.68. The summed E-state index contributed by atoms with van der Waals surface area (Å²) >= 11 is 0. The van der Waals surface area contributed by atoms with Crippen molar-refractivity contribution in [3.05, 3.63) is 29.8 Å². The van der Waals surface area contributed by atoms with Gasteiger partial charge in [0.15, 0.2) is 0 Å². The third kappa shape index (κ3) is 5.82. The number of amides is 2. The van der Waals surface area contributed by atoms with E-state index in [0.29, 0.717) is 37.2 Å². The summed E-state index contributed by atoms with van der Waals surface area (Å²) in [7, 11) is -3.22. The summed E-state index contributed by atoms with van der Waals surface area (Å²) in [6.45, 7) is 4.65. The number of hydrogen-bond donors (Lipinski definition) is 2. The molecule has 1 heterocycles. The molecule has 1 aromatic carbocycles. The maximum atomic E-state index is 12.5. The van der Waals surface area contributed by atoms with Gasteiger partial charge in [0.2, 0.25) is 15.9 Å². The molecular weight excluding hydrogens is 342 g/mol. The van der Waals surface area contributed by atoms with E-state index in [1.807, 2.05) is 13.8 Å². The first kappa shape index (κ1) is 19.4. The second kappa shape index (κ2) is 7.97. The number of nitrogens with one attached hydrogen (secondary N) is 2. The number of nitrogens with zero attached hydrogens (tertiary/aromatic N) is 1. The van der Waals surface area contributed by atoms with Crippen LogP contribution in [0.1, 0.15) is 37.0 Å². The zero-order valence-electron chi connectivity index (χ0n) is 14.8. The third-order valence-corrected chi connectivity index (χ3v) is 4.85. The molecule has 0 radical (unpaired) electrons. The lowest BCUT2D eigenvalue weighted by Crippen LogP contribution is -2.46. The lowest BCUT2D eigenvalue weighted by molar-refractivity contribution is -0.118. The van der Waals surface area contributed by atoms with Gasteiger partial charge in [-0.05, 0) is 37.1 Å². The van der Waals surface area contributed by atoms with Crippen LogP contribution in [-0.4, -0.2) is 50.5 Å². The van der Waals surface area contributed by atoms with E-state index < -0.39 is 10.0 Å². The Morgan fingerprint density at radius 1 is 1.12 bits per heavy atom. The number of carbonyl (C=O) groups excluding carboxylic acids is 2. The smallest absolute Gasteiger partial charge is 0.253 e. The molecule has 1 saturated heterocycles. The first-order valence-electron chi connectivity index (χ1n) is 8.33. The Balaban J connectivity index is 1.92. The van der Waals surface area contributed by atoms with E-state index in [9.17, 15) is 18.0 Å². The van der Waals surface area contributed by atoms with Gasteiger partial charge in [-0.2, -0.15) is 0 Å². The number of rotatable bonds is 5. The number of sulfonamides is 1. The molecule has 8 heteroatoms. The molecule has 25 heavy (non-hydrogen) atoms. The van der Waals surface area contributed by atoms with E-state index in [1.54, 1.807) is 29.2 Å². The van der Waals surface area contributed by atoms with Gasteiger partial charge in [0.05, 0.1) is 6.26 Å². The average Bonchev–Trinajstić information content (AvgIpc) is 2.54. The number of hydrogen-bond acceptors (Lipinski definition) is 4. The molecule has 0 spiro atoms. The highest BCUT2D eigenvalue weighted by Crippen LogP contribution is 2.17. The van der Waals surface area contributed by atoms with Crippen molar-refractivity contribution in [1.82, 2.24) is 9.62 Å². The minimum absolute atomic E-state index is 0.0699. The molecular formula is C17H25N3O4S. The van der Waals surface area contributed by atoms with Crippen molar-refractivity contribution in [3.63, 3.8) is 0 Å². The highest BCUT2D eigenvalue weighted by Gasteiger charge is 2.25. The molecule has 138 valence electrons. The van der Waals surface area contributed by atoms with Gasteiger partial charge in [-0.1, -0.05) is 13.8 Å². The molecule has 2 N–H and O–H groups in total. The van der Waals surface area contributed by atoms with Gasteiger partial charge in [0.1, 0.15) is 0 Å². The Labute approximate surface area is 148 Å². The number of piperidine rings is 1. The molecule has 0 atom stereocenters. The molecule has 0 aromatic heterocycles. The lowest BCUT2D eigenvalue weighted by Gasteiger charge is -2.32. The highest BCUT2D eigenvalue weighted by molar-refractivity contribution is 7.88. The maximum Gasteiger partial charge on any atom is 0.253 e. The molecule has 0 aliphatic carbocycles. The van der Waals surface area contributed by atoms with Crippen molar-refractivity contribution < 1.29 is 18.0 Å². The van der Waals surface area contributed by atoms with Crippen LogP contribution in [0, 0.1) is 5.92 Å². The standard InChI is InChI=1S/C17H25N3O4S/c1-12(2)16(21)18-14-6-4-13(5-7-14)17(22)20-10-8-15(9-11-20)19-25(3,23)24/h4-7,12,15,19H,8-11H2,1-3H3,(H,18,21). The van der Waals surface area contributed by atoms with E-state index in [0.717, 1.165) is 6.26 Å². The number of benzene rings is 1. The summed E-state index contributed by atoms with van der Waals surface area (Å²) in [4.78, 5) is 25.9. The van der Waals surface area contributed by atoms with Crippen LogP contribution in [-0.2, 0) is 14.8 Å². The Morgan fingerprint density at radius 3 is 2.16 bits per heavy atom. The van der Waals surface area contributed by atoms with E-state index in [-0.39, 0.29) is 23.8 Å². The number of likely N-dealkylation sites (tertiary alicyclic amines) is 1. The molecule has 2 amide bonds. The van der Waals surface area contributed by atoms with E-state index in [1.165, 1.54) is 0 Å². The molecule has 1 aliphatic rings. The molecule has 0 saturated carbocycles. The summed E-state index contributed by atoms with van der Waals surface area (Å²) in [5, 5.41) is 2.79. The van der Waals surface area contributed by atoms with Crippen LogP contribution in [0.5, 0.6) is 0 Å². The average molecular weight is 367 g/mol. The van der Waals surface area contributed by atoms with Crippen molar-refractivity contribution in [1.29, 1.82) is 0 Å². The van der Waals surface area contributed by atoms with Gasteiger partial charge < -0.3 is 10.2 Å². The molecule has 0 bridgehead atoms.